The minimum absolute atomic E-state index is 0. The Morgan fingerprint density at radius 1 is 0.833 bits per heavy atom. The van der Waals surface area contributed by atoms with Crippen LogP contribution in [0.2, 0.25) is 0 Å². The number of anilines is 1. The van der Waals surface area contributed by atoms with Crippen LogP contribution in [0, 0.1) is 5.82 Å². The standard InChI is InChI=1S/C22H17FN4O2.ClH/c1-26-9-15(13-5-3-11(23)7-17(13)26)19-20(22(29)25-21(19)28)16-10-27(2)18-8-12(24)4-6-14(16)18;/h3-10H,24H2,1-2H3,(H,25,28,29);1H. The summed E-state index contributed by atoms with van der Waals surface area (Å²) in [5.41, 5.74) is 9.86. The number of nitrogen functional groups attached to an aromatic ring is 1. The van der Waals surface area contributed by atoms with Crippen LogP contribution >= 0.6 is 12.4 Å². The van der Waals surface area contributed by atoms with Gasteiger partial charge < -0.3 is 14.9 Å². The van der Waals surface area contributed by atoms with Crippen molar-refractivity contribution in [3.05, 3.63) is 65.7 Å². The van der Waals surface area contributed by atoms with Gasteiger partial charge in [-0.25, -0.2) is 4.39 Å². The molecule has 4 aromatic rings. The Kier molecular flexibility index (Phi) is 4.43. The van der Waals surface area contributed by atoms with Crippen LogP contribution in [0.4, 0.5) is 10.1 Å². The highest BCUT2D eigenvalue weighted by Crippen LogP contribution is 2.39. The van der Waals surface area contributed by atoms with Crippen molar-refractivity contribution >= 4 is 62.9 Å². The van der Waals surface area contributed by atoms with Crippen molar-refractivity contribution in [2.45, 2.75) is 0 Å². The number of aryl methyl sites for hydroxylation is 2. The molecule has 0 atom stereocenters. The first-order valence-corrected chi connectivity index (χ1v) is 9.05. The van der Waals surface area contributed by atoms with E-state index in [-0.39, 0.29) is 23.8 Å². The number of carbonyl (C=O) groups excluding carboxylic acids is 2. The van der Waals surface area contributed by atoms with E-state index < -0.39 is 11.8 Å². The van der Waals surface area contributed by atoms with Gasteiger partial charge in [-0.15, -0.1) is 12.4 Å². The summed E-state index contributed by atoms with van der Waals surface area (Å²) >= 11 is 0. The Balaban J connectivity index is 0.00000218. The van der Waals surface area contributed by atoms with E-state index in [4.69, 9.17) is 5.73 Å². The Morgan fingerprint density at radius 3 is 1.90 bits per heavy atom. The molecule has 3 heterocycles. The van der Waals surface area contributed by atoms with Crippen LogP contribution in [-0.4, -0.2) is 20.9 Å². The topological polar surface area (TPSA) is 82.0 Å². The predicted molar refractivity (Wildman–Crippen MR) is 117 cm³/mol. The number of amides is 2. The van der Waals surface area contributed by atoms with Gasteiger partial charge in [0.15, 0.2) is 0 Å². The van der Waals surface area contributed by atoms with Crippen LogP contribution in [0.1, 0.15) is 11.1 Å². The number of carbonyl (C=O) groups is 2. The summed E-state index contributed by atoms with van der Waals surface area (Å²) in [7, 11) is 3.64. The van der Waals surface area contributed by atoms with Crippen LogP contribution in [-0.2, 0) is 23.7 Å². The van der Waals surface area contributed by atoms with Crippen molar-refractivity contribution in [2.24, 2.45) is 14.1 Å². The summed E-state index contributed by atoms with van der Waals surface area (Å²) in [6.07, 6.45) is 3.57. The number of aromatic nitrogens is 2. The summed E-state index contributed by atoms with van der Waals surface area (Å²) < 4.78 is 17.3. The molecule has 0 fully saturated rings. The van der Waals surface area contributed by atoms with E-state index in [0.29, 0.717) is 33.3 Å². The van der Waals surface area contributed by atoms with Crippen molar-refractivity contribution in [1.82, 2.24) is 14.5 Å². The lowest BCUT2D eigenvalue weighted by atomic mass is 9.95. The molecule has 5 rings (SSSR count). The maximum Gasteiger partial charge on any atom is 0.259 e. The molecule has 2 aromatic carbocycles. The Bertz CT molecular complexity index is 1310. The van der Waals surface area contributed by atoms with Gasteiger partial charge in [0.2, 0.25) is 0 Å². The second-order valence-electron chi connectivity index (χ2n) is 7.28. The SMILES string of the molecule is Cl.Cn1cc(C2=C(c3cn(C)c4cc(F)ccc34)C(=O)NC2=O)c2ccc(N)cc21. The van der Waals surface area contributed by atoms with Crippen LogP contribution in [0.3, 0.4) is 0 Å². The summed E-state index contributed by atoms with van der Waals surface area (Å²) in [5.74, 6) is -1.28. The Morgan fingerprint density at radius 2 is 1.33 bits per heavy atom. The minimum Gasteiger partial charge on any atom is -0.399 e. The Labute approximate surface area is 177 Å². The number of hydrogen-bond donors (Lipinski definition) is 2. The number of nitrogens with zero attached hydrogens (tertiary/aromatic N) is 2. The van der Waals surface area contributed by atoms with Crippen molar-refractivity contribution in [3.8, 4) is 0 Å². The van der Waals surface area contributed by atoms with Gasteiger partial charge in [0.25, 0.3) is 11.8 Å². The molecule has 0 saturated heterocycles. The predicted octanol–water partition coefficient (Wildman–Crippen LogP) is 3.38. The first kappa shape index (κ1) is 19.7. The number of nitrogens with two attached hydrogens (primary N) is 1. The largest absolute Gasteiger partial charge is 0.399 e. The molecule has 30 heavy (non-hydrogen) atoms. The molecule has 0 unspecified atom stereocenters. The zero-order chi connectivity index (χ0) is 20.4. The lowest BCUT2D eigenvalue weighted by Crippen LogP contribution is -2.22. The van der Waals surface area contributed by atoms with Crippen molar-refractivity contribution in [2.75, 3.05) is 5.73 Å². The number of hydrogen-bond acceptors (Lipinski definition) is 3. The quantitative estimate of drug-likeness (QED) is 0.382. The number of imide groups is 1. The van der Waals surface area contributed by atoms with E-state index in [9.17, 15) is 14.0 Å². The molecule has 0 aliphatic carbocycles. The van der Waals surface area contributed by atoms with Gasteiger partial charge in [0.1, 0.15) is 5.82 Å². The molecule has 0 spiro atoms. The molecule has 8 heteroatoms. The second-order valence-corrected chi connectivity index (χ2v) is 7.28. The van der Waals surface area contributed by atoms with E-state index in [1.54, 1.807) is 29.9 Å². The molecule has 0 bridgehead atoms. The van der Waals surface area contributed by atoms with Crippen molar-refractivity contribution in [1.29, 1.82) is 0 Å². The third kappa shape index (κ3) is 2.70. The molecule has 0 radical (unpaired) electrons. The average molecular weight is 425 g/mol. The van der Waals surface area contributed by atoms with Gasteiger partial charge in [-0.05, 0) is 30.3 Å². The first-order chi connectivity index (χ1) is 13.8. The maximum atomic E-state index is 13.7. The molecular weight excluding hydrogens is 407 g/mol. The van der Waals surface area contributed by atoms with Gasteiger partial charge in [0.05, 0.1) is 22.2 Å². The third-order valence-corrected chi connectivity index (χ3v) is 5.44. The van der Waals surface area contributed by atoms with E-state index >= 15 is 0 Å². The molecule has 2 amide bonds. The first-order valence-electron chi connectivity index (χ1n) is 9.05. The number of rotatable bonds is 2. The van der Waals surface area contributed by atoms with E-state index in [0.717, 1.165) is 10.9 Å². The van der Waals surface area contributed by atoms with Crippen LogP contribution in [0.25, 0.3) is 33.0 Å². The number of fused-ring (bicyclic) bond motifs is 2. The highest BCUT2D eigenvalue weighted by Gasteiger charge is 2.35. The van der Waals surface area contributed by atoms with Crippen molar-refractivity contribution in [3.63, 3.8) is 0 Å². The average Bonchev–Trinajstić information content (AvgIpc) is 3.26. The zero-order valence-corrected chi connectivity index (χ0v) is 17.0. The van der Waals surface area contributed by atoms with Crippen LogP contribution in [0.15, 0.2) is 48.8 Å². The summed E-state index contributed by atoms with van der Waals surface area (Å²) in [5, 5.41) is 3.94. The molecule has 3 N–H and O–H groups in total. The van der Waals surface area contributed by atoms with E-state index in [2.05, 4.69) is 5.32 Å². The lowest BCUT2D eigenvalue weighted by Gasteiger charge is -2.03. The van der Waals surface area contributed by atoms with Crippen LogP contribution in [0.5, 0.6) is 0 Å². The summed E-state index contributed by atoms with van der Waals surface area (Å²) in [4.78, 5) is 25.6. The fourth-order valence-electron chi connectivity index (χ4n) is 4.13. The van der Waals surface area contributed by atoms with E-state index in [1.165, 1.54) is 12.1 Å². The second kappa shape index (κ2) is 6.74. The molecule has 0 saturated carbocycles. The number of benzene rings is 2. The molecule has 6 nitrogen and oxygen atoms in total. The van der Waals surface area contributed by atoms with Crippen LogP contribution < -0.4 is 11.1 Å². The Hall–Kier alpha value is -3.58. The van der Waals surface area contributed by atoms with Gasteiger partial charge in [0, 0.05) is 54.1 Å². The maximum absolute atomic E-state index is 13.7. The fourth-order valence-corrected chi connectivity index (χ4v) is 4.13. The lowest BCUT2D eigenvalue weighted by molar-refractivity contribution is -0.122. The normalized spacial score (nSPS) is 14.0. The van der Waals surface area contributed by atoms with E-state index in [1.807, 2.05) is 29.9 Å². The number of nitrogens with one attached hydrogen (secondary N) is 1. The number of halogens is 2. The third-order valence-electron chi connectivity index (χ3n) is 5.44. The molecule has 1 aliphatic heterocycles. The highest BCUT2D eigenvalue weighted by molar-refractivity contribution is 6.50. The fraction of sp³-hybridized carbons (Fsp3) is 0.0909. The molecule has 152 valence electrons. The monoisotopic (exact) mass is 424 g/mol. The highest BCUT2D eigenvalue weighted by atomic mass is 35.5. The minimum atomic E-state index is -0.464. The summed E-state index contributed by atoms with van der Waals surface area (Å²) in [6, 6.07) is 9.83. The molecule has 1 aliphatic rings. The zero-order valence-electron chi connectivity index (χ0n) is 16.2. The molecular formula is C22H18ClFN4O2. The molecule has 2 aromatic heterocycles. The van der Waals surface area contributed by atoms with Gasteiger partial charge >= 0.3 is 0 Å². The van der Waals surface area contributed by atoms with Gasteiger partial charge in [-0.1, -0.05) is 6.07 Å². The van der Waals surface area contributed by atoms with Gasteiger partial charge in [-0.2, -0.15) is 0 Å². The smallest absolute Gasteiger partial charge is 0.259 e. The summed E-state index contributed by atoms with van der Waals surface area (Å²) in [6.45, 7) is 0. The van der Waals surface area contributed by atoms with Crippen molar-refractivity contribution < 1.29 is 14.0 Å². The van der Waals surface area contributed by atoms with Gasteiger partial charge in [-0.3, -0.25) is 14.9 Å².